The Hall–Kier alpha value is -1.97. The average Bonchev–Trinajstić information content (AvgIpc) is 3.02. The summed E-state index contributed by atoms with van der Waals surface area (Å²) >= 11 is 0. The fraction of sp³-hybridized carbons (Fsp3) is 0.438. The lowest BCUT2D eigenvalue weighted by molar-refractivity contribution is 0.373. The number of aromatic nitrogens is 2. The van der Waals surface area contributed by atoms with E-state index in [2.05, 4.69) is 16.4 Å². The van der Waals surface area contributed by atoms with Crippen LogP contribution in [0.1, 0.15) is 32.1 Å². The summed E-state index contributed by atoms with van der Waals surface area (Å²) in [6, 6.07) is 6.07. The fourth-order valence-electron chi connectivity index (χ4n) is 2.92. The van der Waals surface area contributed by atoms with Crippen LogP contribution in [0.5, 0.6) is 0 Å². The maximum absolute atomic E-state index is 6.07. The van der Waals surface area contributed by atoms with Gasteiger partial charge in [-0.1, -0.05) is 19.3 Å². The molecule has 1 fully saturated rings. The third-order valence-corrected chi connectivity index (χ3v) is 4.15. The summed E-state index contributed by atoms with van der Waals surface area (Å²) < 4.78 is 1.99. The van der Waals surface area contributed by atoms with Gasteiger partial charge in [0.25, 0.3) is 0 Å². The van der Waals surface area contributed by atoms with Gasteiger partial charge in [-0.25, -0.2) is 4.98 Å². The summed E-state index contributed by atoms with van der Waals surface area (Å²) in [6.07, 6.45) is 12.4. The molecule has 1 heterocycles. The zero-order valence-corrected chi connectivity index (χ0v) is 11.8. The normalized spacial score (nSPS) is 16.2. The van der Waals surface area contributed by atoms with E-state index in [-0.39, 0.29) is 0 Å². The Bertz CT molecular complexity index is 542. The highest BCUT2D eigenvalue weighted by molar-refractivity contribution is 5.69. The first kappa shape index (κ1) is 13.0. The van der Waals surface area contributed by atoms with Gasteiger partial charge in [0.1, 0.15) is 0 Å². The number of nitrogens with zero attached hydrogens (tertiary/aromatic N) is 2. The molecule has 1 aliphatic carbocycles. The molecule has 1 saturated carbocycles. The Morgan fingerprint density at radius 1 is 1.25 bits per heavy atom. The van der Waals surface area contributed by atoms with Gasteiger partial charge in [0.05, 0.1) is 17.7 Å². The van der Waals surface area contributed by atoms with Crippen LogP contribution in [0.4, 0.5) is 11.4 Å². The summed E-state index contributed by atoms with van der Waals surface area (Å²) in [7, 11) is 0. The number of nitrogens with two attached hydrogens (primary N) is 1. The van der Waals surface area contributed by atoms with Crippen LogP contribution in [-0.2, 0) is 0 Å². The van der Waals surface area contributed by atoms with Crippen LogP contribution in [-0.4, -0.2) is 16.1 Å². The summed E-state index contributed by atoms with van der Waals surface area (Å²) in [5.41, 5.74) is 9.00. The zero-order chi connectivity index (χ0) is 13.8. The standard InChI is InChI=1S/C16H22N4/c17-15-7-6-14(20-9-8-18-12-20)10-16(15)19-11-13-4-2-1-3-5-13/h6-10,12-13,19H,1-5,11,17H2. The van der Waals surface area contributed by atoms with Crippen LogP contribution >= 0.6 is 0 Å². The SMILES string of the molecule is Nc1ccc(-n2ccnc2)cc1NCC1CCCCC1. The second-order valence-corrected chi connectivity index (χ2v) is 5.63. The minimum atomic E-state index is 0.792. The zero-order valence-electron chi connectivity index (χ0n) is 11.8. The summed E-state index contributed by atoms with van der Waals surface area (Å²) in [4.78, 5) is 4.08. The van der Waals surface area contributed by atoms with Crippen molar-refractivity contribution in [1.82, 2.24) is 9.55 Å². The van der Waals surface area contributed by atoms with E-state index < -0.39 is 0 Å². The lowest BCUT2D eigenvalue weighted by Gasteiger charge is -2.23. The Balaban J connectivity index is 1.70. The van der Waals surface area contributed by atoms with Crippen LogP contribution < -0.4 is 11.1 Å². The average molecular weight is 270 g/mol. The Morgan fingerprint density at radius 2 is 2.10 bits per heavy atom. The summed E-state index contributed by atoms with van der Waals surface area (Å²) in [5, 5.41) is 3.53. The third kappa shape index (κ3) is 2.95. The van der Waals surface area contributed by atoms with E-state index in [0.29, 0.717) is 0 Å². The number of nitrogens with one attached hydrogen (secondary N) is 1. The van der Waals surface area contributed by atoms with Crippen molar-refractivity contribution in [3.05, 3.63) is 36.9 Å². The molecular weight excluding hydrogens is 248 g/mol. The molecule has 0 amide bonds. The van der Waals surface area contributed by atoms with E-state index in [9.17, 15) is 0 Å². The van der Waals surface area contributed by atoms with Crippen molar-refractivity contribution in [1.29, 1.82) is 0 Å². The molecule has 0 bridgehead atoms. The first-order valence-electron chi connectivity index (χ1n) is 7.44. The van der Waals surface area contributed by atoms with Crippen molar-refractivity contribution in [2.24, 2.45) is 5.92 Å². The largest absolute Gasteiger partial charge is 0.397 e. The Morgan fingerprint density at radius 3 is 2.85 bits per heavy atom. The quantitative estimate of drug-likeness (QED) is 0.837. The third-order valence-electron chi connectivity index (χ3n) is 4.15. The van der Waals surface area contributed by atoms with Crippen LogP contribution in [0.2, 0.25) is 0 Å². The van der Waals surface area contributed by atoms with E-state index >= 15 is 0 Å². The lowest BCUT2D eigenvalue weighted by Crippen LogP contribution is -2.17. The lowest BCUT2D eigenvalue weighted by atomic mass is 9.89. The molecule has 1 aromatic heterocycles. The van der Waals surface area contributed by atoms with Gasteiger partial charge in [-0.15, -0.1) is 0 Å². The minimum Gasteiger partial charge on any atom is -0.397 e. The molecule has 4 nitrogen and oxygen atoms in total. The van der Waals surface area contributed by atoms with Crippen molar-refractivity contribution < 1.29 is 0 Å². The molecule has 0 unspecified atom stereocenters. The molecule has 0 atom stereocenters. The van der Waals surface area contributed by atoms with Crippen molar-refractivity contribution in [3.8, 4) is 5.69 Å². The summed E-state index contributed by atoms with van der Waals surface area (Å²) in [5.74, 6) is 0.792. The number of hydrogen-bond donors (Lipinski definition) is 2. The number of benzene rings is 1. The van der Waals surface area contributed by atoms with Gasteiger partial charge >= 0.3 is 0 Å². The predicted octanol–water partition coefficient (Wildman–Crippen LogP) is 3.45. The van der Waals surface area contributed by atoms with Crippen LogP contribution in [0.3, 0.4) is 0 Å². The first-order valence-corrected chi connectivity index (χ1v) is 7.44. The van der Waals surface area contributed by atoms with Gasteiger partial charge in [-0.3, -0.25) is 0 Å². The molecule has 2 aromatic rings. The maximum Gasteiger partial charge on any atom is 0.0991 e. The number of anilines is 2. The van der Waals surface area contributed by atoms with Gasteiger partial charge in [0, 0.05) is 24.6 Å². The molecule has 20 heavy (non-hydrogen) atoms. The first-order chi connectivity index (χ1) is 9.83. The van der Waals surface area contributed by atoms with Crippen molar-refractivity contribution >= 4 is 11.4 Å². The van der Waals surface area contributed by atoms with Crippen LogP contribution in [0.15, 0.2) is 36.9 Å². The molecule has 0 spiro atoms. The smallest absolute Gasteiger partial charge is 0.0991 e. The molecule has 4 heteroatoms. The molecule has 1 aliphatic rings. The van der Waals surface area contributed by atoms with Crippen LogP contribution in [0.25, 0.3) is 5.69 Å². The molecule has 3 N–H and O–H groups in total. The number of hydrogen-bond acceptors (Lipinski definition) is 3. The molecule has 1 aromatic carbocycles. The molecule has 0 radical (unpaired) electrons. The number of imidazole rings is 1. The Kier molecular flexibility index (Phi) is 3.90. The predicted molar refractivity (Wildman–Crippen MR) is 83.0 cm³/mol. The highest BCUT2D eigenvalue weighted by atomic mass is 15.0. The number of rotatable bonds is 4. The highest BCUT2D eigenvalue weighted by Gasteiger charge is 2.13. The maximum atomic E-state index is 6.07. The van der Waals surface area contributed by atoms with E-state index in [0.717, 1.165) is 29.5 Å². The fourth-order valence-corrected chi connectivity index (χ4v) is 2.92. The second kappa shape index (κ2) is 5.99. The van der Waals surface area contributed by atoms with Crippen LogP contribution in [0, 0.1) is 5.92 Å². The number of nitrogen functional groups attached to an aromatic ring is 1. The van der Waals surface area contributed by atoms with Crippen molar-refractivity contribution in [2.45, 2.75) is 32.1 Å². The van der Waals surface area contributed by atoms with E-state index in [1.165, 1.54) is 32.1 Å². The Labute approximate surface area is 120 Å². The molecular formula is C16H22N4. The van der Waals surface area contributed by atoms with Crippen molar-refractivity contribution in [2.75, 3.05) is 17.6 Å². The van der Waals surface area contributed by atoms with Crippen molar-refractivity contribution in [3.63, 3.8) is 0 Å². The topological polar surface area (TPSA) is 55.9 Å². The monoisotopic (exact) mass is 270 g/mol. The van der Waals surface area contributed by atoms with Gasteiger partial charge in [0.2, 0.25) is 0 Å². The van der Waals surface area contributed by atoms with Gasteiger partial charge in [-0.2, -0.15) is 0 Å². The summed E-state index contributed by atoms with van der Waals surface area (Å²) in [6.45, 7) is 1.03. The molecule has 106 valence electrons. The highest BCUT2D eigenvalue weighted by Crippen LogP contribution is 2.26. The van der Waals surface area contributed by atoms with E-state index in [1.807, 2.05) is 22.9 Å². The minimum absolute atomic E-state index is 0.792. The van der Waals surface area contributed by atoms with E-state index in [1.54, 1.807) is 12.5 Å². The van der Waals surface area contributed by atoms with Gasteiger partial charge in [-0.05, 0) is 37.0 Å². The molecule has 0 saturated heterocycles. The van der Waals surface area contributed by atoms with E-state index in [4.69, 9.17) is 5.73 Å². The molecule has 3 rings (SSSR count). The second-order valence-electron chi connectivity index (χ2n) is 5.63. The molecule has 0 aliphatic heterocycles. The van der Waals surface area contributed by atoms with Gasteiger partial charge < -0.3 is 15.6 Å². The van der Waals surface area contributed by atoms with Gasteiger partial charge in [0.15, 0.2) is 0 Å².